The van der Waals surface area contributed by atoms with Gasteiger partial charge in [0.2, 0.25) is 0 Å². The fraction of sp³-hybridized carbons (Fsp3) is 0.286. The van der Waals surface area contributed by atoms with E-state index in [-0.39, 0.29) is 5.56 Å². The molecule has 0 radical (unpaired) electrons. The van der Waals surface area contributed by atoms with Crippen LogP contribution in [0.1, 0.15) is 16.8 Å². The highest BCUT2D eigenvalue weighted by Gasteiger charge is 2.02. The van der Waals surface area contributed by atoms with E-state index in [2.05, 4.69) is 5.10 Å². The lowest BCUT2D eigenvalue weighted by molar-refractivity contribution is 0.0697. The number of nitrogens with zero attached hydrogens (tertiary/aromatic N) is 2. The van der Waals surface area contributed by atoms with Crippen LogP contribution in [0.4, 0.5) is 0 Å². The van der Waals surface area contributed by atoms with E-state index in [0.717, 1.165) is 17.1 Å². The van der Waals surface area contributed by atoms with Crippen LogP contribution in [0.5, 0.6) is 5.75 Å². The van der Waals surface area contributed by atoms with Gasteiger partial charge in [-0.05, 0) is 30.7 Å². The van der Waals surface area contributed by atoms with E-state index < -0.39 is 5.97 Å². The molecule has 5 nitrogen and oxygen atoms in total. The first-order chi connectivity index (χ1) is 9.65. The number of hydrogen-bond acceptors (Lipinski definition) is 4. The van der Waals surface area contributed by atoms with Crippen LogP contribution in [-0.2, 0) is 7.05 Å². The molecule has 0 aliphatic rings. The summed E-state index contributed by atoms with van der Waals surface area (Å²) >= 11 is 1.74. The van der Waals surface area contributed by atoms with E-state index in [1.807, 2.05) is 19.4 Å². The SMILES string of the molecule is Cn1cc(SCCCOc2ccc(C(=O)O)cc2)cn1. The van der Waals surface area contributed by atoms with Gasteiger partial charge in [0.05, 0.1) is 18.4 Å². The molecule has 0 aliphatic carbocycles. The zero-order chi connectivity index (χ0) is 14.4. The minimum atomic E-state index is -0.926. The van der Waals surface area contributed by atoms with Gasteiger partial charge in [-0.25, -0.2) is 4.79 Å². The molecule has 1 heterocycles. The number of benzene rings is 1. The number of aryl methyl sites for hydroxylation is 1. The lowest BCUT2D eigenvalue weighted by Gasteiger charge is -2.05. The van der Waals surface area contributed by atoms with Gasteiger partial charge >= 0.3 is 5.97 Å². The predicted octanol–water partition coefficient (Wildman–Crippen LogP) is 2.68. The van der Waals surface area contributed by atoms with Gasteiger partial charge in [-0.3, -0.25) is 4.68 Å². The number of carboxylic acid groups (broad SMARTS) is 1. The van der Waals surface area contributed by atoms with Crippen molar-refractivity contribution >= 4 is 17.7 Å². The number of aromatic nitrogens is 2. The molecular weight excluding hydrogens is 276 g/mol. The Morgan fingerprint density at radius 2 is 2.15 bits per heavy atom. The summed E-state index contributed by atoms with van der Waals surface area (Å²) in [7, 11) is 1.90. The summed E-state index contributed by atoms with van der Waals surface area (Å²) in [5.74, 6) is 0.727. The highest BCUT2D eigenvalue weighted by atomic mass is 32.2. The second-order valence-electron chi connectivity index (χ2n) is 4.23. The predicted molar refractivity (Wildman–Crippen MR) is 77.4 cm³/mol. The lowest BCUT2D eigenvalue weighted by Crippen LogP contribution is -2.00. The Morgan fingerprint density at radius 3 is 2.75 bits per heavy atom. The molecule has 0 amide bonds. The summed E-state index contributed by atoms with van der Waals surface area (Å²) in [6.07, 6.45) is 4.74. The molecule has 0 bridgehead atoms. The first-order valence-electron chi connectivity index (χ1n) is 6.23. The molecule has 0 spiro atoms. The average molecular weight is 292 g/mol. The molecule has 1 aromatic heterocycles. The topological polar surface area (TPSA) is 64.3 Å². The fourth-order valence-electron chi connectivity index (χ4n) is 1.61. The van der Waals surface area contributed by atoms with Crippen molar-refractivity contribution in [3.8, 4) is 5.75 Å². The van der Waals surface area contributed by atoms with Crippen LogP contribution >= 0.6 is 11.8 Å². The van der Waals surface area contributed by atoms with Crippen molar-refractivity contribution in [3.63, 3.8) is 0 Å². The van der Waals surface area contributed by atoms with Crippen molar-refractivity contribution in [1.82, 2.24) is 9.78 Å². The molecule has 0 fully saturated rings. The van der Waals surface area contributed by atoms with Gasteiger partial charge in [-0.1, -0.05) is 0 Å². The van der Waals surface area contributed by atoms with Gasteiger partial charge in [0, 0.05) is 23.9 Å². The molecule has 106 valence electrons. The molecule has 2 rings (SSSR count). The van der Waals surface area contributed by atoms with Crippen molar-refractivity contribution in [2.24, 2.45) is 7.05 Å². The number of rotatable bonds is 7. The minimum Gasteiger partial charge on any atom is -0.494 e. The van der Waals surface area contributed by atoms with E-state index in [0.29, 0.717) is 12.4 Å². The summed E-state index contributed by atoms with van der Waals surface area (Å²) in [5, 5.41) is 12.9. The normalized spacial score (nSPS) is 10.4. The maximum atomic E-state index is 10.7. The summed E-state index contributed by atoms with van der Waals surface area (Å²) < 4.78 is 7.34. The third-order valence-electron chi connectivity index (χ3n) is 2.61. The minimum absolute atomic E-state index is 0.268. The standard InChI is InChI=1S/C14H16N2O3S/c1-16-10-13(9-15-16)20-8-2-7-19-12-5-3-11(4-6-12)14(17)18/h3-6,9-10H,2,7-8H2,1H3,(H,17,18). The van der Waals surface area contributed by atoms with Gasteiger partial charge in [0.25, 0.3) is 0 Å². The van der Waals surface area contributed by atoms with Crippen molar-refractivity contribution in [2.75, 3.05) is 12.4 Å². The van der Waals surface area contributed by atoms with Crippen LogP contribution in [0.15, 0.2) is 41.6 Å². The largest absolute Gasteiger partial charge is 0.494 e. The molecular formula is C14H16N2O3S. The number of carbonyl (C=O) groups is 1. The van der Waals surface area contributed by atoms with E-state index in [1.54, 1.807) is 40.7 Å². The van der Waals surface area contributed by atoms with Crippen LogP contribution in [-0.4, -0.2) is 33.2 Å². The molecule has 0 saturated carbocycles. The highest BCUT2D eigenvalue weighted by Crippen LogP contribution is 2.18. The number of aromatic carboxylic acids is 1. The molecule has 6 heteroatoms. The first-order valence-corrected chi connectivity index (χ1v) is 7.21. The maximum absolute atomic E-state index is 10.7. The Kier molecular flexibility index (Phi) is 5.06. The second kappa shape index (κ2) is 7.00. The number of thioether (sulfide) groups is 1. The highest BCUT2D eigenvalue weighted by molar-refractivity contribution is 7.99. The average Bonchev–Trinajstić information content (AvgIpc) is 2.84. The molecule has 0 unspecified atom stereocenters. The van der Waals surface area contributed by atoms with Gasteiger partial charge in [-0.15, -0.1) is 11.8 Å². The van der Waals surface area contributed by atoms with Gasteiger partial charge in [-0.2, -0.15) is 5.10 Å². The Labute approximate surface area is 121 Å². The van der Waals surface area contributed by atoms with E-state index >= 15 is 0 Å². The molecule has 0 atom stereocenters. The quantitative estimate of drug-likeness (QED) is 0.628. The first kappa shape index (κ1) is 14.5. The zero-order valence-electron chi connectivity index (χ0n) is 11.2. The van der Waals surface area contributed by atoms with Crippen molar-refractivity contribution in [2.45, 2.75) is 11.3 Å². The molecule has 2 aromatic rings. The van der Waals surface area contributed by atoms with Crippen LogP contribution in [0.25, 0.3) is 0 Å². The van der Waals surface area contributed by atoms with Gasteiger partial charge in [0.1, 0.15) is 5.75 Å². The van der Waals surface area contributed by atoms with Crippen LogP contribution in [0, 0.1) is 0 Å². The molecule has 0 saturated heterocycles. The van der Waals surface area contributed by atoms with Crippen LogP contribution < -0.4 is 4.74 Å². The van der Waals surface area contributed by atoms with Gasteiger partial charge < -0.3 is 9.84 Å². The summed E-state index contributed by atoms with van der Waals surface area (Å²) in [4.78, 5) is 11.8. The number of carboxylic acids is 1. The lowest BCUT2D eigenvalue weighted by atomic mass is 10.2. The fourth-order valence-corrected chi connectivity index (χ4v) is 2.45. The van der Waals surface area contributed by atoms with Crippen LogP contribution in [0.2, 0.25) is 0 Å². The number of hydrogen-bond donors (Lipinski definition) is 1. The second-order valence-corrected chi connectivity index (χ2v) is 5.40. The van der Waals surface area contributed by atoms with Crippen molar-refractivity contribution in [1.29, 1.82) is 0 Å². The number of ether oxygens (including phenoxy) is 1. The summed E-state index contributed by atoms with van der Waals surface area (Å²) in [5.41, 5.74) is 0.268. The molecule has 20 heavy (non-hydrogen) atoms. The Bertz CT molecular complexity index is 566. The maximum Gasteiger partial charge on any atom is 0.335 e. The van der Waals surface area contributed by atoms with Gasteiger partial charge in [0.15, 0.2) is 0 Å². The van der Waals surface area contributed by atoms with E-state index in [9.17, 15) is 4.79 Å². The summed E-state index contributed by atoms with van der Waals surface area (Å²) in [6.45, 7) is 0.611. The van der Waals surface area contributed by atoms with Crippen molar-refractivity contribution in [3.05, 3.63) is 42.2 Å². The molecule has 0 aliphatic heterocycles. The Hall–Kier alpha value is -1.95. The Balaban J connectivity index is 1.66. The molecule has 1 N–H and O–H groups in total. The van der Waals surface area contributed by atoms with E-state index in [4.69, 9.17) is 9.84 Å². The summed E-state index contributed by atoms with van der Waals surface area (Å²) in [6, 6.07) is 6.44. The third-order valence-corrected chi connectivity index (χ3v) is 3.65. The third kappa shape index (κ3) is 4.31. The van der Waals surface area contributed by atoms with Crippen LogP contribution in [0.3, 0.4) is 0 Å². The van der Waals surface area contributed by atoms with E-state index in [1.165, 1.54) is 0 Å². The molecule has 1 aromatic carbocycles. The monoisotopic (exact) mass is 292 g/mol. The Morgan fingerprint density at radius 1 is 1.40 bits per heavy atom. The smallest absolute Gasteiger partial charge is 0.335 e. The van der Waals surface area contributed by atoms with Crippen molar-refractivity contribution < 1.29 is 14.6 Å². The zero-order valence-corrected chi connectivity index (χ0v) is 12.0.